The number of carbonyl (C=O) groups is 1. The number of ether oxygens (including phenoxy) is 4. The molecule has 9 heteroatoms. The van der Waals surface area contributed by atoms with Crippen molar-refractivity contribution in [3.8, 4) is 17.2 Å². The smallest absolute Gasteiger partial charge is 0.273 e. The number of aromatic nitrogens is 1. The molecule has 2 aromatic carbocycles. The van der Waals surface area contributed by atoms with Crippen molar-refractivity contribution < 1.29 is 23.7 Å². The molecule has 8 nitrogen and oxygen atoms in total. The molecule has 1 unspecified atom stereocenters. The first-order chi connectivity index (χ1) is 15.7. The van der Waals surface area contributed by atoms with E-state index in [4.69, 9.17) is 23.9 Å². The zero-order valence-electron chi connectivity index (χ0n) is 17.9. The largest absolute Gasteiger partial charge is 0.497 e. The third-order valence-electron chi connectivity index (χ3n) is 5.61. The van der Waals surface area contributed by atoms with Gasteiger partial charge in [0, 0.05) is 32.2 Å². The van der Waals surface area contributed by atoms with E-state index < -0.39 is 6.10 Å². The van der Waals surface area contributed by atoms with Crippen molar-refractivity contribution >= 4 is 32.6 Å². The van der Waals surface area contributed by atoms with Crippen molar-refractivity contribution in [1.82, 2.24) is 9.88 Å². The van der Waals surface area contributed by atoms with Crippen LogP contribution in [0.3, 0.4) is 0 Å². The van der Waals surface area contributed by atoms with Gasteiger partial charge in [0.25, 0.3) is 5.91 Å². The highest BCUT2D eigenvalue weighted by molar-refractivity contribution is 7.22. The van der Waals surface area contributed by atoms with Crippen molar-refractivity contribution in [3.63, 3.8) is 0 Å². The van der Waals surface area contributed by atoms with Crippen LogP contribution in [0.4, 0.5) is 5.13 Å². The summed E-state index contributed by atoms with van der Waals surface area (Å²) in [5, 5.41) is 0.647. The van der Waals surface area contributed by atoms with Crippen molar-refractivity contribution in [1.29, 1.82) is 0 Å². The lowest BCUT2D eigenvalue weighted by molar-refractivity contribution is -0.127. The zero-order chi connectivity index (χ0) is 21.9. The number of fused-ring (bicyclic) bond motifs is 2. The van der Waals surface area contributed by atoms with Gasteiger partial charge in [0.1, 0.15) is 12.4 Å². The standard InChI is InChI=1S/C23H25N3O5S/c1-28-16-6-7-21-17(14-16)24-23(32-21)26(9-8-25-10-12-29-13-11-25)22(27)20-15-30-18-4-2-3-5-19(18)31-20/h2-7,14,20H,8-13,15H2,1H3. The van der Waals surface area contributed by atoms with Crippen LogP contribution in [0.15, 0.2) is 42.5 Å². The molecule has 2 aliphatic rings. The van der Waals surface area contributed by atoms with Crippen molar-refractivity contribution in [2.45, 2.75) is 6.10 Å². The Kier molecular flexibility index (Phi) is 6.11. The van der Waals surface area contributed by atoms with Gasteiger partial charge in [0.05, 0.1) is 30.5 Å². The van der Waals surface area contributed by atoms with Gasteiger partial charge in [-0.15, -0.1) is 0 Å². The molecular formula is C23H25N3O5S. The summed E-state index contributed by atoms with van der Waals surface area (Å²) in [6.07, 6.45) is -0.726. The number of morpholine rings is 1. The van der Waals surface area contributed by atoms with Gasteiger partial charge in [-0.2, -0.15) is 0 Å². The Morgan fingerprint density at radius 2 is 2.03 bits per heavy atom. The first-order valence-corrected chi connectivity index (χ1v) is 11.5. The van der Waals surface area contributed by atoms with E-state index in [9.17, 15) is 4.79 Å². The molecule has 1 aromatic heterocycles. The van der Waals surface area contributed by atoms with Crippen LogP contribution in [0, 0.1) is 0 Å². The molecule has 168 valence electrons. The summed E-state index contributed by atoms with van der Waals surface area (Å²) in [4.78, 5) is 22.4. The van der Waals surface area contributed by atoms with Crippen LogP contribution in [0.2, 0.25) is 0 Å². The number of benzene rings is 2. The van der Waals surface area contributed by atoms with E-state index in [2.05, 4.69) is 4.90 Å². The summed E-state index contributed by atoms with van der Waals surface area (Å²) in [5.41, 5.74) is 0.805. The number of hydrogen-bond donors (Lipinski definition) is 0. The number of thiazole rings is 1. The Morgan fingerprint density at radius 3 is 2.84 bits per heavy atom. The SMILES string of the molecule is COc1ccc2sc(N(CCN3CCOCC3)C(=O)C3COc4ccccc4O3)nc2c1. The minimum atomic E-state index is -0.726. The van der Waals surface area contributed by atoms with Crippen molar-refractivity contribution in [2.75, 3.05) is 58.0 Å². The molecule has 1 fully saturated rings. The topological polar surface area (TPSA) is 73.4 Å². The third-order valence-corrected chi connectivity index (χ3v) is 6.67. The Bertz CT molecular complexity index is 1100. The first-order valence-electron chi connectivity index (χ1n) is 10.7. The van der Waals surface area contributed by atoms with Crippen molar-refractivity contribution in [3.05, 3.63) is 42.5 Å². The Balaban J connectivity index is 1.40. The summed E-state index contributed by atoms with van der Waals surface area (Å²) in [5.74, 6) is 1.82. The highest BCUT2D eigenvalue weighted by atomic mass is 32.1. The number of methoxy groups -OCH3 is 1. The fourth-order valence-corrected chi connectivity index (χ4v) is 4.80. The van der Waals surface area contributed by atoms with Crippen LogP contribution in [-0.2, 0) is 9.53 Å². The van der Waals surface area contributed by atoms with E-state index in [1.807, 2.05) is 42.5 Å². The summed E-state index contributed by atoms with van der Waals surface area (Å²) >= 11 is 1.49. The number of amides is 1. The fourth-order valence-electron chi connectivity index (χ4n) is 3.82. The van der Waals surface area contributed by atoms with Crippen LogP contribution in [0.5, 0.6) is 17.2 Å². The maximum absolute atomic E-state index is 13.6. The molecule has 1 saturated heterocycles. The van der Waals surface area contributed by atoms with Gasteiger partial charge >= 0.3 is 0 Å². The number of hydrogen-bond acceptors (Lipinski definition) is 8. The second-order valence-electron chi connectivity index (χ2n) is 7.64. The molecular weight excluding hydrogens is 430 g/mol. The molecule has 0 spiro atoms. The van der Waals surface area contributed by atoms with E-state index in [1.165, 1.54) is 11.3 Å². The van der Waals surface area contributed by atoms with Gasteiger partial charge in [-0.05, 0) is 24.3 Å². The van der Waals surface area contributed by atoms with Gasteiger partial charge in [0.2, 0.25) is 6.10 Å². The summed E-state index contributed by atoms with van der Waals surface area (Å²) in [6.45, 7) is 4.56. The molecule has 32 heavy (non-hydrogen) atoms. The highest BCUT2D eigenvalue weighted by Crippen LogP contribution is 2.34. The number of rotatable bonds is 6. The van der Waals surface area contributed by atoms with Gasteiger partial charge in [-0.25, -0.2) is 4.98 Å². The van der Waals surface area contributed by atoms with Crippen LogP contribution in [-0.4, -0.2) is 75.0 Å². The number of anilines is 1. The summed E-state index contributed by atoms with van der Waals surface area (Å²) < 4.78 is 23.6. The predicted octanol–water partition coefficient (Wildman–Crippen LogP) is 2.81. The third kappa shape index (κ3) is 4.36. The molecule has 0 radical (unpaired) electrons. The van der Waals surface area contributed by atoms with Crippen molar-refractivity contribution in [2.24, 2.45) is 0 Å². The van der Waals surface area contributed by atoms with Gasteiger partial charge in [-0.1, -0.05) is 23.5 Å². The fraction of sp³-hybridized carbons (Fsp3) is 0.391. The maximum Gasteiger partial charge on any atom is 0.273 e. The average Bonchev–Trinajstić information content (AvgIpc) is 3.27. The lowest BCUT2D eigenvalue weighted by Crippen LogP contribution is -2.49. The molecule has 2 aliphatic heterocycles. The molecule has 0 N–H and O–H groups in total. The zero-order valence-corrected chi connectivity index (χ0v) is 18.7. The van der Waals surface area contributed by atoms with Crippen LogP contribution in [0.1, 0.15) is 0 Å². The number of para-hydroxylation sites is 2. The van der Waals surface area contributed by atoms with Crippen LogP contribution >= 0.6 is 11.3 Å². The molecule has 3 heterocycles. The molecule has 3 aromatic rings. The second-order valence-corrected chi connectivity index (χ2v) is 8.65. The number of carbonyl (C=O) groups excluding carboxylic acids is 1. The summed E-state index contributed by atoms with van der Waals surface area (Å²) in [7, 11) is 1.63. The molecule has 0 aliphatic carbocycles. The average molecular weight is 456 g/mol. The molecule has 1 atom stereocenters. The lowest BCUT2D eigenvalue weighted by atomic mass is 10.2. The Morgan fingerprint density at radius 1 is 1.22 bits per heavy atom. The molecule has 0 saturated carbocycles. The second kappa shape index (κ2) is 9.32. The van der Waals surface area contributed by atoms with E-state index in [0.717, 1.165) is 35.6 Å². The molecule has 1 amide bonds. The van der Waals surface area contributed by atoms with Gasteiger partial charge in [-0.3, -0.25) is 14.6 Å². The van der Waals surface area contributed by atoms with Crippen LogP contribution in [0.25, 0.3) is 10.2 Å². The van der Waals surface area contributed by atoms with E-state index in [0.29, 0.717) is 36.4 Å². The summed E-state index contributed by atoms with van der Waals surface area (Å²) in [6, 6.07) is 13.2. The first kappa shape index (κ1) is 21.0. The van der Waals surface area contributed by atoms with E-state index in [1.54, 1.807) is 12.0 Å². The minimum absolute atomic E-state index is 0.154. The Labute approximate surface area is 190 Å². The lowest BCUT2D eigenvalue weighted by Gasteiger charge is -2.32. The normalized spacial score (nSPS) is 18.5. The predicted molar refractivity (Wildman–Crippen MR) is 122 cm³/mol. The quantitative estimate of drug-likeness (QED) is 0.566. The highest BCUT2D eigenvalue weighted by Gasteiger charge is 2.33. The monoisotopic (exact) mass is 455 g/mol. The van der Waals surface area contributed by atoms with Gasteiger partial charge in [0.15, 0.2) is 16.6 Å². The van der Waals surface area contributed by atoms with E-state index in [-0.39, 0.29) is 12.5 Å². The molecule has 0 bridgehead atoms. The Hall–Kier alpha value is -2.88. The van der Waals surface area contributed by atoms with Crippen LogP contribution < -0.4 is 19.1 Å². The maximum atomic E-state index is 13.6. The minimum Gasteiger partial charge on any atom is -0.497 e. The van der Waals surface area contributed by atoms with E-state index >= 15 is 0 Å². The molecule has 5 rings (SSSR count). The number of nitrogens with zero attached hydrogens (tertiary/aromatic N) is 3. The van der Waals surface area contributed by atoms with Gasteiger partial charge < -0.3 is 18.9 Å².